The minimum Gasteiger partial charge on any atom is -0.222 e. The molecule has 0 radical (unpaired) electrons. The molecule has 3 nitrogen and oxygen atoms in total. The van der Waals surface area contributed by atoms with E-state index in [0.29, 0.717) is 0 Å². The number of halogens is 12. The molecule has 0 aliphatic carbocycles. The summed E-state index contributed by atoms with van der Waals surface area (Å²) in [6, 6.07) is 0. The van der Waals surface area contributed by atoms with Gasteiger partial charge in [-0.1, -0.05) is 0 Å². The molecule has 0 aromatic heterocycles. The van der Waals surface area contributed by atoms with Crippen LogP contribution in [0, 0.1) is 0 Å². The Hall–Kier alpha value is -0.930. The van der Waals surface area contributed by atoms with Gasteiger partial charge in [0.25, 0.3) is 12.8 Å². The smallest absolute Gasteiger partial charge is 0.222 e. The van der Waals surface area contributed by atoms with Gasteiger partial charge in [0, 0.05) is 0 Å². The van der Waals surface area contributed by atoms with Gasteiger partial charge in [-0.15, -0.1) is 0 Å². The second kappa shape index (κ2) is 5.61. The molecule has 134 valence electrons. The molecular weight excluding hydrogens is 380 g/mol. The molecule has 0 heterocycles. The lowest BCUT2D eigenvalue weighted by molar-refractivity contribution is -0.383. The molecule has 16 heteroatoms. The molecule has 22 heavy (non-hydrogen) atoms. The van der Waals surface area contributed by atoms with Crippen LogP contribution in [0.3, 0.4) is 0 Å². The van der Waals surface area contributed by atoms with Gasteiger partial charge in [-0.3, -0.25) is 0 Å². The van der Waals surface area contributed by atoms with Gasteiger partial charge in [0.2, 0.25) is 0 Å². The maximum Gasteiger partial charge on any atom is 0.460 e. The lowest BCUT2D eigenvalue weighted by atomic mass is 10.1. The highest BCUT2D eigenvalue weighted by atomic mass is 32.2. The van der Waals surface area contributed by atoms with E-state index in [1.54, 1.807) is 0 Å². The van der Waals surface area contributed by atoms with Gasteiger partial charge in [-0.25, -0.2) is 17.4 Å². The predicted molar refractivity (Wildman–Crippen MR) is 41.8 cm³/mol. The van der Waals surface area contributed by atoms with Crippen molar-refractivity contribution in [3.8, 4) is 0 Å². The summed E-state index contributed by atoms with van der Waals surface area (Å²) in [5.74, 6) is -15.3. The van der Waals surface area contributed by atoms with Gasteiger partial charge >= 0.3 is 33.4 Å². The predicted octanol–water partition coefficient (Wildman–Crippen LogP) is 3.32. The molecule has 0 bridgehead atoms. The average Bonchev–Trinajstić information content (AvgIpc) is 2.25. The molecule has 0 aromatic rings. The first-order valence-electron chi connectivity index (χ1n) is 4.38. The van der Waals surface area contributed by atoms with Gasteiger partial charge in [0.1, 0.15) is 0 Å². The molecule has 0 amide bonds. The third-order valence-electron chi connectivity index (χ3n) is 1.85. The van der Waals surface area contributed by atoms with Crippen molar-refractivity contribution in [1.29, 1.82) is 0 Å². The van der Waals surface area contributed by atoms with Gasteiger partial charge in [0.15, 0.2) is 0 Å². The summed E-state index contributed by atoms with van der Waals surface area (Å²) in [5.41, 5.74) is 0. The number of hydrogen-bond acceptors (Lipinski definition) is 3. The molecule has 0 fully saturated rings. The molecule has 0 aliphatic rings. The van der Waals surface area contributed by atoms with Gasteiger partial charge < -0.3 is 0 Å². The molecule has 0 N–H and O–H groups in total. The highest BCUT2D eigenvalue weighted by molar-refractivity contribution is 7.87. The Morgan fingerprint density at radius 1 is 0.727 bits per heavy atom. The van der Waals surface area contributed by atoms with Crippen molar-refractivity contribution < 1.29 is 65.3 Å². The first kappa shape index (κ1) is 21.1. The van der Waals surface area contributed by atoms with E-state index in [0.717, 1.165) is 0 Å². The van der Waals surface area contributed by atoms with E-state index >= 15 is 0 Å². The summed E-state index contributed by atoms with van der Waals surface area (Å²) in [7, 11) is -7.62. The summed E-state index contributed by atoms with van der Waals surface area (Å²) < 4.78 is 169. The van der Waals surface area contributed by atoms with Crippen LogP contribution < -0.4 is 0 Å². The Kier molecular flexibility index (Phi) is 5.37. The van der Waals surface area contributed by atoms with Crippen molar-refractivity contribution in [1.82, 2.24) is 0 Å². The fraction of sp³-hybridized carbons (Fsp3) is 1.00. The van der Waals surface area contributed by atoms with Crippen molar-refractivity contribution in [3.05, 3.63) is 0 Å². The third kappa shape index (κ3) is 3.21. The molecule has 1 unspecified atom stereocenters. The minimum atomic E-state index is -7.68. The zero-order valence-electron chi connectivity index (χ0n) is 9.32. The number of alkyl halides is 12. The van der Waals surface area contributed by atoms with Crippen molar-refractivity contribution in [3.63, 3.8) is 0 Å². The van der Waals surface area contributed by atoms with E-state index in [1.165, 1.54) is 0 Å². The summed E-state index contributed by atoms with van der Waals surface area (Å²) in [5, 5.41) is -7.38. The Bertz CT molecular complexity index is 493. The summed E-state index contributed by atoms with van der Waals surface area (Å²) in [6.45, 7) is 0. The maximum absolute atomic E-state index is 12.8. The quantitative estimate of drug-likeness (QED) is 0.523. The van der Waals surface area contributed by atoms with Crippen LogP contribution >= 0.6 is 0 Å². The second-order valence-electron chi connectivity index (χ2n) is 3.40. The summed E-state index contributed by atoms with van der Waals surface area (Å²) >= 11 is 0. The van der Waals surface area contributed by atoms with Crippen LogP contribution in [0.5, 0.6) is 0 Å². The molecule has 1 atom stereocenters. The normalized spacial score (nSPS) is 17.0. The van der Waals surface area contributed by atoms with E-state index in [1.807, 2.05) is 0 Å². The minimum absolute atomic E-state index is 2.18. The molecule has 0 aliphatic heterocycles. The number of rotatable bonds is 6. The monoisotopic (exact) mass is 382 g/mol. The van der Waals surface area contributed by atoms with Crippen LogP contribution in [0.2, 0.25) is 0 Å². The molecular formula is C6H2F12O3S. The van der Waals surface area contributed by atoms with E-state index < -0.39 is 46.2 Å². The fourth-order valence-corrected chi connectivity index (χ4v) is 1.63. The van der Waals surface area contributed by atoms with Crippen molar-refractivity contribution in [2.24, 2.45) is 0 Å². The Morgan fingerprint density at radius 3 is 1.36 bits per heavy atom. The van der Waals surface area contributed by atoms with E-state index in [2.05, 4.69) is 4.18 Å². The van der Waals surface area contributed by atoms with Crippen LogP contribution in [0.1, 0.15) is 0 Å². The Labute approximate surface area is 112 Å². The van der Waals surface area contributed by atoms with Crippen LogP contribution in [0.15, 0.2) is 0 Å². The zero-order valence-corrected chi connectivity index (χ0v) is 10.1. The standard InChI is InChI=1S/C6H2F12O3S/c7-1(8)2(9)21-22(19,20)6(17,18)4(12,13)3(10,11)5(14,15)16/h1-2H. The van der Waals surface area contributed by atoms with Crippen LogP contribution in [-0.2, 0) is 14.3 Å². The molecule has 0 aromatic carbocycles. The van der Waals surface area contributed by atoms with Crippen LogP contribution in [0.25, 0.3) is 0 Å². The SMILES string of the molecule is O=S(=O)(OC(F)C(F)F)C(F)(F)C(F)(F)C(F)(F)C(F)(F)F. The molecule has 0 spiro atoms. The highest BCUT2D eigenvalue weighted by Gasteiger charge is 2.86. The molecule has 0 saturated carbocycles. The lowest BCUT2D eigenvalue weighted by Gasteiger charge is -2.32. The van der Waals surface area contributed by atoms with Crippen molar-refractivity contribution in [2.75, 3.05) is 0 Å². The number of hydrogen-bond donors (Lipinski definition) is 0. The highest BCUT2D eigenvalue weighted by Crippen LogP contribution is 2.55. The van der Waals surface area contributed by atoms with E-state index in [9.17, 15) is 61.1 Å². The largest absolute Gasteiger partial charge is 0.460 e. The van der Waals surface area contributed by atoms with Gasteiger partial charge in [0.05, 0.1) is 0 Å². The zero-order chi connectivity index (χ0) is 18.4. The van der Waals surface area contributed by atoms with E-state index in [-0.39, 0.29) is 0 Å². The first-order valence-corrected chi connectivity index (χ1v) is 5.79. The topological polar surface area (TPSA) is 43.4 Å². The van der Waals surface area contributed by atoms with E-state index in [4.69, 9.17) is 0 Å². The maximum atomic E-state index is 12.8. The Morgan fingerprint density at radius 2 is 1.09 bits per heavy atom. The second-order valence-corrected chi connectivity index (χ2v) is 5.01. The third-order valence-corrected chi connectivity index (χ3v) is 3.17. The molecule has 0 rings (SSSR count). The first-order chi connectivity index (χ1) is 9.33. The summed E-state index contributed by atoms with van der Waals surface area (Å²) in [6.07, 6.45) is -16.3. The fourth-order valence-electron chi connectivity index (χ4n) is 0.741. The van der Waals surface area contributed by atoms with Crippen LogP contribution in [-0.4, -0.2) is 44.5 Å². The van der Waals surface area contributed by atoms with Crippen LogP contribution in [0.4, 0.5) is 52.7 Å². The molecule has 0 saturated heterocycles. The van der Waals surface area contributed by atoms with Crippen molar-refractivity contribution in [2.45, 2.75) is 36.1 Å². The Balaban J connectivity index is 5.91. The average molecular weight is 382 g/mol. The van der Waals surface area contributed by atoms with Gasteiger partial charge in [-0.2, -0.15) is 47.9 Å². The van der Waals surface area contributed by atoms with Crippen molar-refractivity contribution >= 4 is 10.1 Å². The summed E-state index contributed by atoms with van der Waals surface area (Å²) in [4.78, 5) is 0. The lowest BCUT2D eigenvalue weighted by Crippen LogP contribution is -2.63. The van der Waals surface area contributed by atoms with Gasteiger partial charge in [-0.05, 0) is 0 Å².